The second-order valence-electron chi connectivity index (χ2n) is 4.33. The van der Waals surface area contributed by atoms with Crippen LogP contribution in [0.1, 0.15) is 32.3 Å². The first-order chi connectivity index (χ1) is 9.27. The summed E-state index contributed by atoms with van der Waals surface area (Å²) in [7, 11) is 0. The average Bonchev–Trinajstić information content (AvgIpc) is 2.42. The van der Waals surface area contributed by atoms with Crippen LogP contribution in [0.3, 0.4) is 0 Å². The lowest BCUT2D eigenvalue weighted by atomic mass is 10.2. The van der Waals surface area contributed by atoms with E-state index in [1.54, 1.807) is 0 Å². The number of halogens is 1. The van der Waals surface area contributed by atoms with Crippen LogP contribution in [-0.4, -0.2) is 26.4 Å². The molecule has 0 heterocycles. The average molecular weight is 286 g/mol. The van der Waals surface area contributed by atoms with Gasteiger partial charge in [0, 0.05) is 30.3 Å². The lowest BCUT2D eigenvalue weighted by Gasteiger charge is -2.12. The molecule has 19 heavy (non-hydrogen) atoms. The molecule has 0 saturated carbocycles. The minimum absolute atomic E-state index is 0.735. The van der Waals surface area contributed by atoms with Crippen molar-refractivity contribution >= 4 is 11.6 Å². The highest BCUT2D eigenvalue weighted by molar-refractivity contribution is 6.30. The maximum absolute atomic E-state index is 6.03. The molecule has 0 unspecified atom stereocenters. The fourth-order valence-electron chi connectivity index (χ4n) is 1.71. The molecule has 0 saturated heterocycles. The van der Waals surface area contributed by atoms with Gasteiger partial charge < -0.3 is 14.8 Å². The summed E-state index contributed by atoms with van der Waals surface area (Å²) in [5.41, 5.74) is 1.11. The van der Waals surface area contributed by atoms with Gasteiger partial charge in [0.05, 0.1) is 6.61 Å². The lowest BCUT2D eigenvalue weighted by molar-refractivity contribution is 0.144. The SMILES string of the molecule is CCCOc1ccc(Cl)cc1CNCCCOCC. The monoisotopic (exact) mass is 285 g/mol. The topological polar surface area (TPSA) is 30.5 Å². The van der Waals surface area contributed by atoms with E-state index in [0.717, 1.165) is 62.1 Å². The van der Waals surface area contributed by atoms with Crippen LogP contribution in [0.15, 0.2) is 18.2 Å². The van der Waals surface area contributed by atoms with Crippen LogP contribution in [0.5, 0.6) is 5.75 Å². The van der Waals surface area contributed by atoms with E-state index in [1.807, 2.05) is 25.1 Å². The van der Waals surface area contributed by atoms with Crippen molar-refractivity contribution in [2.75, 3.05) is 26.4 Å². The van der Waals surface area contributed by atoms with E-state index in [-0.39, 0.29) is 0 Å². The molecular formula is C15H24ClNO2. The van der Waals surface area contributed by atoms with Gasteiger partial charge in [-0.15, -0.1) is 0 Å². The molecule has 108 valence electrons. The van der Waals surface area contributed by atoms with Crippen LogP contribution in [0.4, 0.5) is 0 Å². The summed E-state index contributed by atoms with van der Waals surface area (Å²) in [6.45, 7) is 8.13. The molecule has 0 atom stereocenters. The molecule has 4 heteroatoms. The van der Waals surface area contributed by atoms with Crippen molar-refractivity contribution in [2.24, 2.45) is 0 Å². The Morgan fingerprint density at radius 2 is 2.05 bits per heavy atom. The van der Waals surface area contributed by atoms with Gasteiger partial charge in [-0.1, -0.05) is 18.5 Å². The predicted octanol–water partition coefficient (Wildman–Crippen LogP) is 3.65. The lowest BCUT2D eigenvalue weighted by Crippen LogP contribution is -2.17. The molecule has 3 nitrogen and oxygen atoms in total. The third-order valence-electron chi connectivity index (χ3n) is 2.65. The molecule has 0 aliphatic rings. The summed E-state index contributed by atoms with van der Waals surface area (Å²) in [6, 6.07) is 5.77. The summed E-state index contributed by atoms with van der Waals surface area (Å²) < 4.78 is 11.0. The van der Waals surface area contributed by atoms with Gasteiger partial charge in [-0.05, 0) is 44.5 Å². The first-order valence-electron chi connectivity index (χ1n) is 6.97. The highest BCUT2D eigenvalue weighted by Gasteiger charge is 2.04. The van der Waals surface area contributed by atoms with E-state index in [9.17, 15) is 0 Å². The van der Waals surface area contributed by atoms with Gasteiger partial charge in [-0.3, -0.25) is 0 Å². The second-order valence-corrected chi connectivity index (χ2v) is 4.76. The Morgan fingerprint density at radius 1 is 1.21 bits per heavy atom. The van der Waals surface area contributed by atoms with Crippen LogP contribution in [-0.2, 0) is 11.3 Å². The number of hydrogen-bond acceptors (Lipinski definition) is 3. The van der Waals surface area contributed by atoms with Gasteiger partial charge in [-0.2, -0.15) is 0 Å². The number of rotatable bonds is 10. The fraction of sp³-hybridized carbons (Fsp3) is 0.600. The van der Waals surface area contributed by atoms with Gasteiger partial charge in [0.1, 0.15) is 5.75 Å². The number of hydrogen-bond donors (Lipinski definition) is 1. The van der Waals surface area contributed by atoms with E-state index < -0.39 is 0 Å². The molecule has 0 aromatic heterocycles. The molecule has 0 aliphatic carbocycles. The van der Waals surface area contributed by atoms with Crippen LogP contribution in [0.25, 0.3) is 0 Å². The molecule has 1 N–H and O–H groups in total. The highest BCUT2D eigenvalue weighted by Crippen LogP contribution is 2.23. The van der Waals surface area contributed by atoms with Gasteiger partial charge in [0.2, 0.25) is 0 Å². The first kappa shape index (κ1) is 16.3. The maximum Gasteiger partial charge on any atom is 0.123 e. The number of benzene rings is 1. The van der Waals surface area contributed by atoms with Gasteiger partial charge in [0.25, 0.3) is 0 Å². The fourth-order valence-corrected chi connectivity index (χ4v) is 1.90. The summed E-state index contributed by atoms with van der Waals surface area (Å²) in [6.07, 6.45) is 2.02. The van der Waals surface area contributed by atoms with Crippen molar-refractivity contribution in [1.82, 2.24) is 5.32 Å². The zero-order chi connectivity index (χ0) is 13.9. The Labute approximate surface area is 121 Å². The summed E-state index contributed by atoms with van der Waals surface area (Å²) in [4.78, 5) is 0. The Hall–Kier alpha value is -0.770. The van der Waals surface area contributed by atoms with Crippen molar-refractivity contribution in [3.8, 4) is 5.75 Å². The standard InChI is InChI=1S/C15H24ClNO2/c1-3-9-19-15-7-6-14(16)11-13(15)12-17-8-5-10-18-4-2/h6-7,11,17H,3-5,8-10,12H2,1-2H3. The Balaban J connectivity index is 2.39. The molecule has 1 rings (SSSR count). The molecule has 0 spiro atoms. The Bertz CT molecular complexity index is 358. The second kappa shape index (κ2) is 10.1. The molecule has 1 aromatic carbocycles. The zero-order valence-electron chi connectivity index (χ0n) is 11.9. The quantitative estimate of drug-likeness (QED) is 0.666. The maximum atomic E-state index is 6.03. The largest absolute Gasteiger partial charge is 0.493 e. The molecule has 0 fully saturated rings. The minimum Gasteiger partial charge on any atom is -0.493 e. The molecule has 0 bridgehead atoms. The summed E-state index contributed by atoms with van der Waals surface area (Å²) >= 11 is 6.03. The van der Waals surface area contributed by atoms with Crippen LogP contribution in [0, 0.1) is 0 Å². The zero-order valence-corrected chi connectivity index (χ0v) is 12.6. The van der Waals surface area contributed by atoms with E-state index >= 15 is 0 Å². The van der Waals surface area contributed by atoms with E-state index in [1.165, 1.54) is 0 Å². The van der Waals surface area contributed by atoms with Gasteiger partial charge in [-0.25, -0.2) is 0 Å². The van der Waals surface area contributed by atoms with Crippen molar-refractivity contribution in [3.05, 3.63) is 28.8 Å². The normalized spacial score (nSPS) is 10.7. The van der Waals surface area contributed by atoms with Crippen molar-refractivity contribution in [2.45, 2.75) is 33.2 Å². The summed E-state index contributed by atoms with van der Waals surface area (Å²) in [5.74, 6) is 0.920. The Kier molecular flexibility index (Phi) is 8.63. The molecular weight excluding hydrogens is 262 g/mol. The highest BCUT2D eigenvalue weighted by atomic mass is 35.5. The summed E-state index contributed by atoms with van der Waals surface area (Å²) in [5, 5.41) is 4.13. The van der Waals surface area contributed by atoms with Crippen LogP contribution < -0.4 is 10.1 Å². The van der Waals surface area contributed by atoms with E-state index in [0.29, 0.717) is 0 Å². The first-order valence-corrected chi connectivity index (χ1v) is 7.35. The van der Waals surface area contributed by atoms with Crippen LogP contribution >= 0.6 is 11.6 Å². The predicted molar refractivity (Wildman–Crippen MR) is 80.1 cm³/mol. The van der Waals surface area contributed by atoms with Gasteiger partial charge >= 0.3 is 0 Å². The van der Waals surface area contributed by atoms with Crippen molar-refractivity contribution < 1.29 is 9.47 Å². The third-order valence-corrected chi connectivity index (χ3v) is 2.88. The molecule has 0 amide bonds. The molecule has 0 radical (unpaired) electrons. The van der Waals surface area contributed by atoms with E-state index in [4.69, 9.17) is 21.1 Å². The number of nitrogens with one attached hydrogen (secondary N) is 1. The third kappa shape index (κ3) is 6.81. The van der Waals surface area contributed by atoms with E-state index in [2.05, 4.69) is 12.2 Å². The molecule has 1 aromatic rings. The van der Waals surface area contributed by atoms with Crippen molar-refractivity contribution in [3.63, 3.8) is 0 Å². The smallest absolute Gasteiger partial charge is 0.123 e. The molecule has 0 aliphatic heterocycles. The van der Waals surface area contributed by atoms with Gasteiger partial charge in [0.15, 0.2) is 0 Å². The minimum atomic E-state index is 0.735. The van der Waals surface area contributed by atoms with Crippen molar-refractivity contribution in [1.29, 1.82) is 0 Å². The Morgan fingerprint density at radius 3 is 2.79 bits per heavy atom. The number of ether oxygens (including phenoxy) is 2. The van der Waals surface area contributed by atoms with Crippen LogP contribution in [0.2, 0.25) is 5.02 Å².